The number of ether oxygens (including phenoxy) is 2. The maximum Gasteiger partial charge on any atom is 0.132 e. The average Bonchev–Trinajstić information content (AvgIpc) is 2.75. The molecule has 1 aliphatic heterocycles. The van der Waals surface area contributed by atoms with E-state index < -0.39 is 11.9 Å². The van der Waals surface area contributed by atoms with E-state index in [9.17, 15) is 9.50 Å². The Morgan fingerprint density at radius 1 is 1.47 bits per heavy atom. The molecule has 0 spiro atoms. The second-order valence-electron chi connectivity index (χ2n) is 4.39. The first-order valence-corrected chi connectivity index (χ1v) is 5.78. The molecule has 0 bridgehead atoms. The number of hydrogen-bond donors (Lipinski definition) is 1. The number of rotatable bonds is 3. The van der Waals surface area contributed by atoms with Gasteiger partial charge in [-0.25, -0.2) is 4.39 Å². The van der Waals surface area contributed by atoms with Crippen molar-refractivity contribution >= 4 is 0 Å². The van der Waals surface area contributed by atoms with Crippen LogP contribution in [0.2, 0.25) is 0 Å². The third-order valence-corrected chi connectivity index (χ3v) is 3.14. The summed E-state index contributed by atoms with van der Waals surface area (Å²) in [5, 5.41) is 10.1. The van der Waals surface area contributed by atoms with Gasteiger partial charge in [0.05, 0.1) is 19.3 Å². The highest BCUT2D eigenvalue weighted by Gasteiger charge is 2.30. The van der Waals surface area contributed by atoms with E-state index in [4.69, 9.17) is 9.47 Å². The first-order valence-electron chi connectivity index (χ1n) is 5.78. The minimum atomic E-state index is -0.911. The predicted octanol–water partition coefficient (Wildman–Crippen LogP) is 2.44. The van der Waals surface area contributed by atoms with Gasteiger partial charge in [0.2, 0.25) is 0 Å². The molecule has 0 saturated carbocycles. The molecule has 4 heteroatoms. The van der Waals surface area contributed by atoms with Crippen molar-refractivity contribution in [3.05, 3.63) is 29.6 Å². The molecule has 1 saturated heterocycles. The molecule has 1 N–H and O–H groups in total. The number of benzene rings is 1. The number of hydrogen-bond acceptors (Lipinski definition) is 3. The van der Waals surface area contributed by atoms with Gasteiger partial charge in [-0.1, -0.05) is 0 Å². The van der Waals surface area contributed by atoms with Crippen molar-refractivity contribution < 1.29 is 19.0 Å². The molecule has 3 atom stereocenters. The average molecular weight is 240 g/mol. The topological polar surface area (TPSA) is 38.7 Å². The maximum absolute atomic E-state index is 13.7. The van der Waals surface area contributed by atoms with Crippen LogP contribution in [-0.4, -0.2) is 24.4 Å². The van der Waals surface area contributed by atoms with Crippen LogP contribution in [0.3, 0.4) is 0 Å². The van der Waals surface area contributed by atoms with Crippen LogP contribution < -0.4 is 4.74 Å². The summed E-state index contributed by atoms with van der Waals surface area (Å²) in [7, 11) is 1.48. The lowest BCUT2D eigenvalue weighted by Crippen LogP contribution is -2.19. The minimum Gasteiger partial charge on any atom is -0.497 e. The highest BCUT2D eigenvalue weighted by molar-refractivity contribution is 5.30. The van der Waals surface area contributed by atoms with Gasteiger partial charge in [-0.3, -0.25) is 0 Å². The second-order valence-corrected chi connectivity index (χ2v) is 4.39. The summed E-state index contributed by atoms with van der Waals surface area (Å²) < 4.78 is 24.2. The molecule has 0 radical (unpaired) electrons. The normalized spacial score (nSPS) is 25.9. The molecule has 0 amide bonds. The zero-order valence-corrected chi connectivity index (χ0v) is 10.0. The minimum absolute atomic E-state index is 0.135. The van der Waals surface area contributed by atoms with E-state index in [1.165, 1.54) is 13.2 Å². The van der Waals surface area contributed by atoms with Gasteiger partial charge in [0.15, 0.2) is 0 Å². The van der Waals surface area contributed by atoms with Gasteiger partial charge in [0.1, 0.15) is 17.7 Å². The highest BCUT2D eigenvalue weighted by atomic mass is 19.1. The molecule has 17 heavy (non-hydrogen) atoms. The van der Waals surface area contributed by atoms with Crippen LogP contribution >= 0.6 is 0 Å². The van der Waals surface area contributed by atoms with Crippen LogP contribution in [0, 0.1) is 5.82 Å². The molecule has 2 rings (SSSR count). The number of halogens is 1. The molecule has 1 aromatic rings. The number of aliphatic hydroxyl groups is 1. The van der Waals surface area contributed by atoms with Gasteiger partial charge in [-0.15, -0.1) is 0 Å². The fraction of sp³-hybridized carbons (Fsp3) is 0.538. The molecule has 0 aliphatic carbocycles. The van der Waals surface area contributed by atoms with Gasteiger partial charge in [0, 0.05) is 11.6 Å². The Balaban J connectivity index is 2.16. The highest BCUT2D eigenvalue weighted by Crippen LogP contribution is 2.32. The van der Waals surface area contributed by atoms with Gasteiger partial charge in [0.25, 0.3) is 0 Å². The van der Waals surface area contributed by atoms with E-state index in [0.717, 1.165) is 12.8 Å². The molecule has 1 heterocycles. The van der Waals surface area contributed by atoms with Crippen molar-refractivity contribution in [2.45, 2.75) is 38.1 Å². The summed E-state index contributed by atoms with van der Waals surface area (Å²) in [5.41, 5.74) is 0.268. The third kappa shape index (κ3) is 2.58. The van der Waals surface area contributed by atoms with E-state index in [2.05, 4.69) is 0 Å². The lowest BCUT2D eigenvalue weighted by molar-refractivity contribution is -0.0310. The summed E-state index contributed by atoms with van der Waals surface area (Å²) in [5.74, 6) is -0.0147. The zero-order chi connectivity index (χ0) is 12.4. The van der Waals surface area contributed by atoms with E-state index in [1.54, 1.807) is 12.1 Å². The van der Waals surface area contributed by atoms with Crippen LogP contribution in [0.25, 0.3) is 0 Å². The third-order valence-electron chi connectivity index (χ3n) is 3.14. The predicted molar refractivity (Wildman–Crippen MR) is 61.5 cm³/mol. The SMILES string of the molecule is COc1ccc(C(O)C2CCC(C)O2)c(F)c1. The fourth-order valence-corrected chi connectivity index (χ4v) is 2.14. The summed E-state index contributed by atoms with van der Waals surface area (Å²) in [6.45, 7) is 1.96. The van der Waals surface area contributed by atoms with Crippen LogP contribution in [0.1, 0.15) is 31.4 Å². The summed E-state index contributed by atoms with van der Waals surface area (Å²) in [6.07, 6.45) is 0.572. The molecule has 0 aromatic heterocycles. The van der Waals surface area contributed by atoms with Gasteiger partial charge in [-0.2, -0.15) is 0 Å². The summed E-state index contributed by atoms with van der Waals surface area (Å²) in [6, 6.07) is 4.46. The van der Waals surface area contributed by atoms with Crippen LogP contribution in [0.5, 0.6) is 5.75 Å². The lowest BCUT2D eigenvalue weighted by Gasteiger charge is -2.19. The molecule has 1 aromatic carbocycles. The first kappa shape index (κ1) is 12.3. The fourth-order valence-electron chi connectivity index (χ4n) is 2.14. The van der Waals surface area contributed by atoms with Crippen LogP contribution in [0.15, 0.2) is 18.2 Å². The summed E-state index contributed by atoms with van der Waals surface area (Å²) >= 11 is 0. The van der Waals surface area contributed by atoms with Gasteiger partial charge < -0.3 is 14.6 Å². The molecule has 3 unspecified atom stereocenters. The number of methoxy groups -OCH3 is 1. The Kier molecular flexibility index (Phi) is 3.64. The molecule has 94 valence electrons. The standard InChI is InChI=1S/C13H17FO3/c1-8-3-6-12(17-8)13(15)10-5-4-9(16-2)7-11(10)14/h4-5,7-8,12-13,15H,3,6H2,1-2H3. The van der Waals surface area contributed by atoms with Crippen molar-refractivity contribution in [2.24, 2.45) is 0 Å². The van der Waals surface area contributed by atoms with E-state index in [1.807, 2.05) is 6.92 Å². The first-order chi connectivity index (χ1) is 8.11. The smallest absolute Gasteiger partial charge is 0.132 e. The van der Waals surface area contributed by atoms with Crippen molar-refractivity contribution in [3.63, 3.8) is 0 Å². The Labute approximate surface area is 100 Å². The maximum atomic E-state index is 13.7. The van der Waals surface area contributed by atoms with Crippen molar-refractivity contribution in [2.75, 3.05) is 7.11 Å². The van der Waals surface area contributed by atoms with E-state index in [0.29, 0.717) is 5.75 Å². The second kappa shape index (κ2) is 5.02. The molecular formula is C13H17FO3. The van der Waals surface area contributed by atoms with Crippen molar-refractivity contribution in [1.82, 2.24) is 0 Å². The monoisotopic (exact) mass is 240 g/mol. The Morgan fingerprint density at radius 2 is 2.24 bits per heavy atom. The molecular weight excluding hydrogens is 223 g/mol. The zero-order valence-electron chi connectivity index (χ0n) is 10.0. The Hall–Kier alpha value is -1.13. The van der Waals surface area contributed by atoms with Crippen molar-refractivity contribution in [3.8, 4) is 5.75 Å². The van der Waals surface area contributed by atoms with Crippen molar-refractivity contribution in [1.29, 1.82) is 0 Å². The molecule has 3 nitrogen and oxygen atoms in total. The Bertz CT molecular complexity index is 394. The molecule has 1 fully saturated rings. The van der Waals surface area contributed by atoms with E-state index >= 15 is 0 Å². The number of aliphatic hydroxyl groups excluding tert-OH is 1. The van der Waals surface area contributed by atoms with E-state index in [-0.39, 0.29) is 17.8 Å². The van der Waals surface area contributed by atoms with Gasteiger partial charge >= 0.3 is 0 Å². The lowest BCUT2D eigenvalue weighted by atomic mass is 10.0. The quantitative estimate of drug-likeness (QED) is 0.882. The Morgan fingerprint density at radius 3 is 2.76 bits per heavy atom. The van der Waals surface area contributed by atoms with Crippen LogP contribution in [0.4, 0.5) is 4.39 Å². The largest absolute Gasteiger partial charge is 0.497 e. The molecule has 1 aliphatic rings. The van der Waals surface area contributed by atoms with Gasteiger partial charge in [-0.05, 0) is 31.9 Å². The van der Waals surface area contributed by atoms with Crippen LogP contribution in [-0.2, 0) is 4.74 Å². The summed E-state index contributed by atoms with van der Waals surface area (Å²) in [4.78, 5) is 0.